The number of benzene rings is 2. The molecule has 3 aromatic rings. The summed E-state index contributed by atoms with van der Waals surface area (Å²) in [6, 6.07) is 18.7. The van der Waals surface area contributed by atoms with Crippen molar-refractivity contribution >= 4 is 29.2 Å². The van der Waals surface area contributed by atoms with Crippen LogP contribution in [0.5, 0.6) is 0 Å². The van der Waals surface area contributed by atoms with Crippen LogP contribution >= 0.6 is 12.2 Å². The summed E-state index contributed by atoms with van der Waals surface area (Å²) in [7, 11) is 0. The second-order valence-electron chi connectivity index (χ2n) is 5.85. The number of nitrogens with one attached hydrogen (secondary N) is 2. The molecule has 3 rings (SSSR count). The molecule has 0 saturated carbocycles. The summed E-state index contributed by atoms with van der Waals surface area (Å²) in [5.74, 6) is -0.368. The molecule has 0 aliphatic heterocycles. The van der Waals surface area contributed by atoms with Gasteiger partial charge in [-0.25, -0.2) is 4.39 Å². The van der Waals surface area contributed by atoms with E-state index in [1.165, 1.54) is 17.2 Å². The van der Waals surface area contributed by atoms with Gasteiger partial charge in [0.25, 0.3) is 0 Å². The molecular weight excluding hydrogens is 347 g/mol. The van der Waals surface area contributed by atoms with E-state index in [9.17, 15) is 4.39 Å². The predicted molar refractivity (Wildman–Crippen MR) is 108 cm³/mol. The lowest BCUT2D eigenvalue weighted by Crippen LogP contribution is -2.24. The number of hydrazone groups is 1. The highest BCUT2D eigenvalue weighted by Crippen LogP contribution is 2.12. The fourth-order valence-corrected chi connectivity index (χ4v) is 2.61. The molecule has 0 bridgehead atoms. The smallest absolute Gasteiger partial charge is 0.191 e. The Labute approximate surface area is 157 Å². The first-order valence-electron chi connectivity index (χ1n) is 8.17. The molecule has 2 aromatic carbocycles. The summed E-state index contributed by atoms with van der Waals surface area (Å²) >= 11 is 5.13. The molecule has 0 fully saturated rings. The molecule has 26 heavy (non-hydrogen) atoms. The van der Waals surface area contributed by atoms with Gasteiger partial charge < -0.3 is 9.88 Å². The third-order valence-electron chi connectivity index (χ3n) is 3.82. The number of hydrogen-bond donors (Lipinski definition) is 2. The maximum Gasteiger partial charge on any atom is 0.191 e. The Morgan fingerprint density at radius 3 is 2.65 bits per heavy atom. The van der Waals surface area contributed by atoms with Crippen molar-refractivity contribution in [1.82, 2.24) is 9.99 Å². The molecule has 0 spiro atoms. The predicted octanol–water partition coefficient (Wildman–Crippen LogP) is 4.30. The van der Waals surface area contributed by atoms with Gasteiger partial charge in [-0.2, -0.15) is 5.10 Å². The van der Waals surface area contributed by atoms with Gasteiger partial charge >= 0.3 is 0 Å². The minimum Gasteiger partial charge on any atom is -0.342 e. The molecule has 0 amide bonds. The van der Waals surface area contributed by atoms with Crippen LogP contribution in [-0.4, -0.2) is 15.9 Å². The van der Waals surface area contributed by atoms with Crippen molar-refractivity contribution < 1.29 is 4.39 Å². The van der Waals surface area contributed by atoms with Gasteiger partial charge in [-0.3, -0.25) is 5.43 Å². The number of aromatic nitrogens is 1. The zero-order chi connectivity index (χ0) is 18.4. The van der Waals surface area contributed by atoms with Crippen LogP contribution < -0.4 is 10.7 Å². The average Bonchev–Trinajstić information content (AvgIpc) is 3.06. The van der Waals surface area contributed by atoms with Gasteiger partial charge in [-0.15, -0.1) is 0 Å². The van der Waals surface area contributed by atoms with E-state index in [0.29, 0.717) is 5.69 Å². The quantitative estimate of drug-likeness (QED) is 0.402. The molecule has 6 heteroatoms. The van der Waals surface area contributed by atoms with Crippen molar-refractivity contribution in [3.63, 3.8) is 0 Å². The van der Waals surface area contributed by atoms with E-state index in [2.05, 4.69) is 51.6 Å². The highest BCUT2D eigenvalue weighted by atomic mass is 32.1. The normalized spacial score (nSPS) is 10.8. The number of para-hydroxylation sites is 1. The molecule has 132 valence electrons. The van der Waals surface area contributed by atoms with Crippen LogP contribution in [0.15, 0.2) is 72.0 Å². The first-order chi connectivity index (χ1) is 12.6. The summed E-state index contributed by atoms with van der Waals surface area (Å²) in [4.78, 5) is 0. The Bertz CT molecular complexity index is 916. The first kappa shape index (κ1) is 17.8. The van der Waals surface area contributed by atoms with Crippen molar-refractivity contribution in [2.24, 2.45) is 5.10 Å². The maximum atomic E-state index is 13.6. The second kappa shape index (κ2) is 8.40. The van der Waals surface area contributed by atoms with Gasteiger partial charge in [-0.05, 0) is 49.0 Å². The lowest BCUT2D eigenvalue weighted by molar-refractivity contribution is 0.632. The topological polar surface area (TPSA) is 41.4 Å². The van der Waals surface area contributed by atoms with Crippen LogP contribution in [0.25, 0.3) is 0 Å². The first-order valence-corrected chi connectivity index (χ1v) is 8.58. The molecule has 0 saturated heterocycles. The lowest BCUT2D eigenvalue weighted by atomic mass is 10.1. The Hall–Kier alpha value is -2.99. The van der Waals surface area contributed by atoms with Crippen molar-refractivity contribution in [3.05, 3.63) is 89.5 Å². The van der Waals surface area contributed by atoms with Crippen molar-refractivity contribution in [2.75, 3.05) is 5.32 Å². The van der Waals surface area contributed by atoms with Crippen LogP contribution in [0.1, 0.15) is 16.8 Å². The number of thiocarbonyl (C=S) groups is 1. The van der Waals surface area contributed by atoms with Crippen molar-refractivity contribution in [2.45, 2.75) is 13.5 Å². The van der Waals surface area contributed by atoms with Crippen LogP contribution in [0.4, 0.5) is 10.1 Å². The molecule has 0 unspecified atom stereocenters. The molecular formula is C20H19FN4S. The Morgan fingerprint density at radius 1 is 1.12 bits per heavy atom. The van der Waals surface area contributed by atoms with Gasteiger partial charge in [0.05, 0.1) is 17.6 Å². The summed E-state index contributed by atoms with van der Waals surface area (Å²) in [5, 5.41) is 7.13. The largest absolute Gasteiger partial charge is 0.342 e. The monoisotopic (exact) mass is 366 g/mol. The molecule has 4 nitrogen and oxygen atoms in total. The molecule has 0 aliphatic rings. The third-order valence-corrected chi connectivity index (χ3v) is 4.02. The van der Waals surface area contributed by atoms with E-state index in [4.69, 9.17) is 12.2 Å². The van der Waals surface area contributed by atoms with Gasteiger partial charge in [0.2, 0.25) is 0 Å². The van der Waals surface area contributed by atoms with E-state index in [1.54, 1.807) is 24.4 Å². The van der Waals surface area contributed by atoms with Gasteiger partial charge in [0.1, 0.15) is 5.82 Å². The third kappa shape index (κ3) is 4.77. The van der Waals surface area contributed by atoms with Crippen LogP contribution in [0.2, 0.25) is 0 Å². The van der Waals surface area contributed by atoms with Crippen LogP contribution in [0, 0.1) is 12.7 Å². The number of halogens is 1. The number of anilines is 1. The van der Waals surface area contributed by atoms with Crippen LogP contribution in [-0.2, 0) is 6.54 Å². The highest BCUT2D eigenvalue weighted by Gasteiger charge is 2.02. The zero-order valence-corrected chi connectivity index (χ0v) is 15.1. The molecule has 1 aromatic heterocycles. The van der Waals surface area contributed by atoms with Crippen LogP contribution in [0.3, 0.4) is 0 Å². The Balaban J connectivity index is 1.59. The second-order valence-corrected chi connectivity index (χ2v) is 6.26. The van der Waals surface area contributed by atoms with Crippen molar-refractivity contribution in [3.8, 4) is 0 Å². The maximum absolute atomic E-state index is 13.6. The number of rotatable bonds is 5. The van der Waals surface area contributed by atoms with E-state index < -0.39 is 0 Å². The van der Waals surface area contributed by atoms with Gasteiger partial charge in [-0.1, -0.05) is 42.0 Å². The Morgan fingerprint density at radius 2 is 1.88 bits per heavy atom. The number of aryl methyl sites for hydroxylation is 1. The SMILES string of the molecule is Cc1ccc(Cn2cccc2C=NNC(=S)Nc2ccccc2F)cc1. The molecule has 1 heterocycles. The highest BCUT2D eigenvalue weighted by molar-refractivity contribution is 7.80. The van der Waals surface area contributed by atoms with E-state index in [0.717, 1.165) is 12.2 Å². The van der Waals surface area contributed by atoms with E-state index in [-0.39, 0.29) is 10.9 Å². The molecule has 2 N–H and O–H groups in total. The minimum absolute atomic E-state index is 0.225. The molecule has 0 aliphatic carbocycles. The summed E-state index contributed by atoms with van der Waals surface area (Å²) in [5.41, 5.74) is 6.40. The number of nitrogens with zero attached hydrogens (tertiary/aromatic N) is 2. The summed E-state index contributed by atoms with van der Waals surface area (Å²) in [6.45, 7) is 2.83. The Kier molecular flexibility index (Phi) is 5.76. The van der Waals surface area contributed by atoms with E-state index in [1.807, 2.05) is 18.3 Å². The minimum atomic E-state index is -0.368. The summed E-state index contributed by atoms with van der Waals surface area (Å²) in [6.07, 6.45) is 3.68. The lowest BCUT2D eigenvalue weighted by Gasteiger charge is -2.08. The van der Waals surface area contributed by atoms with Gasteiger partial charge in [0, 0.05) is 12.7 Å². The molecule has 0 radical (unpaired) electrons. The standard InChI is InChI=1S/C20H19FN4S/c1-15-8-10-16(11-9-15)14-25-12-4-5-17(25)13-22-24-20(26)23-19-7-3-2-6-18(19)21/h2-13H,14H2,1H3,(H2,23,24,26). The fourth-order valence-electron chi connectivity index (χ4n) is 2.45. The zero-order valence-electron chi connectivity index (χ0n) is 14.3. The molecule has 0 atom stereocenters. The average molecular weight is 366 g/mol. The van der Waals surface area contributed by atoms with Gasteiger partial charge in [0.15, 0.2) is 5.11 Å². The number of hydrogen-bond acceptors (Lipinski definition) is 2. The summed E-state index contributed by atoms with van der Waals surface area (Å²) < 4.78 is 15.7. The fraction of sp³-hybridized carbons (Fsp3) is 0.100. The van der Waals surface area contributed by atoms with E-state index >= 15 is 0 Å². The van der Waals surface area contributed by atoms with Crippen molar-refractivity contribution in [1.29, 1.82) is 0 Å².